The molecule has 0 aliphatic carbocycles. The van der Waals surface area contributed by atoms with Crippen LogP contribution in [0.25, 0.3) is 0 Å². The summed E-state index contributed by atoms with van der Waals surface area (Å²) in [6.45, 7) is 4.82. The average Bonchev–Trinajstić information content (AvgIpc) is 2.40. The summed E-state index contributed by atoms with van der Waals surface area (Å²) in [5.74, 6) is 1.14. The molecule has 0 saturated carbocycles. The van der Waals surface area contributed by atoms with Crippen LogP contribution in [0.4, 0.5) is 0 Å². The number of nitrogens with one attached hydrogen (secondary N) is 1. The highest BCUT2D eigenvalue weighted by Crippen LogP contribution is 2.37. The number of aliphatic hydroxyl groups is 1. The van der Waals surface area contributed by atoms with Gasteiger partial charge in [0.25, 0.3) is 0 Å². The van der Waals surface area contributed by atoms with Crippen molar-refractivity contribution in [3.05, 3.63) is 22.7 Å². The van der Waals surface area contributed by atoms with Crippen molar-refractivity contribution in [3.63, 3.8) is 0 Å². The van der Waals surface area contributed by atoms with E-state index in [0.29, 0.717) is 36.0 Å². The standard InChI is InChI=1S/C14H22ClNO3/c1-5-14(2,17)9-16-8-10-6-7-11(18-3)13(19-4)12(10)15/h6-7,16-17H,5,8-9H2,1-4H3. The number of rotatable bonds is 7. The lowest BCUT2D eigenvalue weighted by Crippen LogP contribution is -2.36. The number of halogens is 1. The summed E-state index contributed by atoms with van der Waals surface area (Å²) in [5.41, 5.74) is 0.203. The van der Waals surface area contributed by atoms with Crippen LogP contribution >= 0.6 is 11.6 Å². The van der Waals surface area contributed by atoms with Crippen molar-refractivity contribution in [3.8, 4) is 11.5 Å². The van der Waals surface area contributed by atoms with Crippen molar-refractivity contribution in [2.45, 2.75) is 32.4 Å². The molecular formula is C14H22ClNO3. The number of ether oxygens (including phenoxy) is 2. The molecule has 0 aliphatic rings. The van der Waals surface area contributed by atoms with E-state index in [1.54, 1.807) is 21.1 Å². The van der Waals surface area contributed by atoms with Crippen molar-refractivity contribution in [1.29, 1.82) is 0 Å². The second-order valence-electron chi connectivity index (χ2n) is 4.73. The van der Waals surface area contributed by atoms with Crippen molar-refractivity contribution in [2.75, 3.05) is 20.8 Å². The van der Waals surface area contributed by atoms with Crippen LogP contribution in [0.2, 0.25) is 5.02 Å². The minimum atomic E-state index is -0.705. The summed E-state index contributed by atoms with van der Waals surface area (Å²) in [7, 11) is 3.13. The minimum absolute atomic E-state index is 0.508. The molecule has 0 bridgehead atoms. The molecule has 108 valence electrons. The molecule has 0 spiro atoms. The lowest BCUT2D eigenvalue weighted by Gasteiger charge is -2.22. The first kappa shape index (κ1) is 16.1. The van der Waals surface area contributed by atoms with Gasteiger partial charge in [-0.3, -0.25) is 0 Å². The molecule has 4 nitrogen and oxygen atoms in total. The Bertz CT molecular complexity index is 421. The van der Waals surface area contributed by atoms with Crippen molar-refractivity contribution < 1.29 is 14.6 Å². The summed E-state index contributed by atoms with van der Waals surface area (Å²) in [6, 6.07) is 3.71. The van der Waals surface area contributed by atoms with Crippen LogP contribution in [-0.2, 0) is 6.54 Å². The van der Waals surface area contributed by atoms with Crippen LogP contribution in [0.15, 0.2) is 12.1 Å². The van der Waals surface area contributed by atoms with Crippen LogP contribution in [0.1, 0.15) is 25.8 Å². The Morgan fingerprint density at radius 2 is 2.00 bits per heavy atom. The van der Waals surface area contributed by atoms with E-state index in [1.165, 1.54) is 0 Å². The molecule has 19 heavy (non-hydrogen) atoms. The molecule has 1 unspecified atom stereocenters. The Morgan fingerprint density at radius 1 is 1.32 bits per heavy atom. The second kappa shape index (κ2) is 6.98. The number of hydrogen-bond donors (Lipinski definition) is 2. The van der Waals surface area contributed by atoms with E-state index in [4.69, 9.17) is 21.1 Å². The molecular weight excluding hydrogens is 266 g/mol. The van der Waals surface area contributed by atoms with Crippen LogP contribution in [-0.4, -0.2) is 31.5 Å². The molecule has 0 fully saturated rings. The number of hydrogen-bond acceptors (Lipinski definition) is 4. The third-order valence-corrected chi connectivity index (χ3v) is 3.56. The molecule has 1 atom stereocenters. The molecule has 1 rings (SSSR count). The highest BCUT2D eigenvalue weighted by atomic mass is 35.5. The Kier molecular flexibility index (Phi) is 5.91. The van der Waals surface area contributed by atoms with Gasteiger partial charge in [-0.1, -0.05) is 24.6 Å². The third kappa shape index (κ3) is 4.27. The van der Waals surface area contributed by atoms with Gasteiger partial charge in [-0.25, -0.2) is 0 Å². The van der Waals surface area contributed by atoms with E-state index in [1.807, 2.05) is 19.1 Å². The van der Waals surface area contributed by atoms with Crippen molar-refractivity contribution >= 4 is 11.6 Å². The second-order valence-corrected chi connectivity index (χ2v) is 5.11. The predicted molar refractivity (Wildman–Crippen MR) is 77.2 cm³/mol. The quantitative estimate of drug-likeness (QED) is 0.809. The molecule has 0 saturated heterocycles. The van der Waals surface area contributed by atoms with Gasteiger partial charge in [-0.2, -0.15) is 0 Å². The van der Waals surface area contributed by atoms with E-state index in [9.17, 15) is 5.11 Å². The predicted octanol–water partition coefficient (Wildman–Crippen LogP) is 2.61. The number of methoxy groups -OCH3 is 2. The Hall–Kier alpha value is -0.970. The van der Waals surface area contributed by atoms with E-state index in [-0.39, 0.29) is 0 Å². The fourth-order valence-corrected chi connectivity index (χ4v) is 1.96. The van der Waals surface area contributed by atoms with Crippen molar-refractivity contribution in [1.82, 2.24) is 5.32 Å². The maximum atomic E-state index is 9.91. The zero-order valence-corrected chi connectivity index (χ0v) is 12.7. The Balaban J connectivity index is 2.75. The van der Waals surface area contributed by atoms with E-state index in [2.05, 4.69) is 5.32 Å². The van der Waals surface area contributed by atoms with Gasteiger partial charge in [0.2, 0.25) is 0 Å². The maximum Gasteiger partial charge on any atom is 0.179 e. The van der Waals surface area contributed by atoms with Gasteiger partial charge >= 0.3 is 0 Å². The number of benzene rings is 1. The van der Waals surface area contributed by atoms with Crippen LogP contribution < -0.4 is 14.8 Å². The van der Waals surface area contributed by atoms with Gasteiger partial charge < -0.3 is 19.9 Å². The summed E-state index contributed by atoms with van der Waals surface area (Å²) < 4.78 is 10.4. The lowest BCUT2D eigenvalue weighted by atomic mass is 10.0. The maximum absolute atomic E-state index is 9.91. The van der Waals surface area contributed by atoms with Crippen LogP contribution in [0.3, 0.4) is 0 Å². The topological polar surface area (TPSA) is 50.7 Å². The SMILES string of the molecule is CCC(C)(O)CNCc1ccc(OC)c(OC)c1Cl. The lowest BCUT2D eigenvalue weighted by molar-refractivity contribution is 0.0555. The van der Waals surface area contributed by atoms with Crippen molar-refractivity contribution in [2.24, 2.45) is 0 Å². The Labute approximate surface area is 119 Å². The zero-order chi connectivity index (χ0) is 14.5. The third-order valence-electron chi connectivity index (χ3n) is 3.15. The molecule has 0 radical (unpaired) electrons. The molecule has 2 N–H and O–H groups in total. The van der Waals surface area contributed by atoms with Gasteiger partial charge in [-0.15, -0.1) is 0 Å². The van der Waals surface area contributed by atoms with E-state index >= 15 is 0 Å². The first-order chi connectivity index (χ1) is 8.95. The summed E-state index contributed by atoms with van der Waals surface area (Å²) in [6.07, 6.45) is 0.694. The molecule has 5 heteroatoms. The summed E-state index contributed by atoms with van der Waals surface area (Å²) in [4.78, 5) is 0. The van der Waals surface area contributed by atoms with Gasteiger partial charge in [0, 0.05) is 13.1 Å². The van der Waals surface area contributed by atoms with E-state index in [0.717, 1.165) is 5.56 Å². The summed E-state index contributed by atoms with van der Waals surface area (Å²) >= 11 is 6.27. The molecule has 0 aromatic heterocycles. The molecule has 0 aliphatic heterocycles. The fourth-order valence-electron chi connectivity index (χ4n) is 1.66. The van der Waals surface area contributed by atoms with Gasteiger partial charge in [0.05, 0.1) is 24.8 Å². The summed E-state index contributed by atoms with van der Waals surface area (Å²) in [5, 5.41) is 13.6. The first-order valence-electron chi connectivity index (χ1n) is 6.27. The van der Waals surface area contributed by atoms with Gasteiger partial charge in [0.1, 0.15) is 0 Å². The molecule has 0 amide bonds. The first-order valence-corrected chi connectivity index (χ1v) is 6.65. The van der Waals surface area contributed by atoms with Gasteiger partial charge in [-0.05, 0) is 25.0 Å². The average molecular weight is 288 g/mol. The fraction of sp³-hybridized carbons (Fsp3) is 0.571. The molecule has 0 heterocycles. The molecule has 1 aromatic rings. The van der Waals surface area contributed by atoms with Gasteiger partial charge in [0.15, 0.2) is 11.5 Å². The minimum Gasteiger partial charge on any atom is -0.493 e. The van der Waals surface area contributed by atoms with Crippen LogP contribution in [0, 0.1) is 0 Å². The monoisotopic (exact) mass is 287 g/mol. The normalized spacial score (nSPS) is 14.0. The smallest absolute Gasteiger partial charge is 0.179 e. The largest absolute Gasteiger partial charge is 0.493 e. The zero-order valence-electron chi connectivity index (χ0n) is 11.9. The van der Waals surface area contributed by atoms with Crippen LogP contribution in [0.5, 0.6) is 11.5 Å². The highest BCUT2D eigenvalue weighted by molar-refractivity contribution is 6.33. The molecule has 1 aromatic carbocycles. The highest BCUT2D eigenvalue weighted by Gasteiger charge is 2.17. The Morgan fingerprint density at radius 3 is 2.53 bits per heavy atom. The van der Waals surface area contributed by atoms with E-state index < -0.39 is 5.60 Å².